The number of carbonyl (C=O) groups excluding carboxylic acids is 2. The Morgan fingerprint density at radius 1 is 0.954 bits per heavy atom. The van der Waals surface area contributed by atoms with Gasteiger partial charge in [-0.05, 0) is 69.8 Å². The topological polar surface area (TPSA) is 187 Å². The average molecular weight is 915 g/mol. The number of allylic oxidation sites excluding steroid dienone is 2. The van der Waals surface area contributed by atoms with Crippen molar-refractivity contribution < 1.29 is 72.3 Å². The molecule has 4 fully saturated rings. The van der Waals surface area contributed by atoms with E-state index in [1.807, 2.05) is 39.0 Å². The van der Waals surface area contributed by atoms with Crippen LogP contribution in [-0.4, -0.2) is 138 Å². The zero-order chi connectivity index (χ0) is 47.2. The number of rotatable bonds is 8. The van der Waals surface area contributed by atoms with E-state index in [0.717, 1.165) is 12.0 Å². The van der Waals surface area contributed by atoms with Gasteiger partial charge in [-0.25, -0.2) is 0 Å². The molecule has 364 valence electrons. The van der Waals surface area contributed by atoms with Gasteiger partial charge in [-0.3, -0.25) is 9.59 Å². The minimum absolute atomic E-state index is 0.0154. The van der Waals surface area contributed by atoms with E-state index in [1.165, 1.54) is 6.92 Å². The Labute approximate surface area is 384 Å². The lowest BCUT2D eigenvalue weighted by Crippen LogP contribution is -2.59. The van der Waals surface area contributed by atoms with Crippen molar-refractivity contribution in [1.82, 2.24) is 0 Å². The lowest BCUT2D eigenvalue weighted by molar-refractivity contribution is -0.327. The summed E-state index contributed by atoms with van der Waals surface area (Å²) in [5.74, 6) is -3.17. The van der Waals surface area contributed by atoms with Crippen molar-refractivity contribution in [2.75, 3.05) is 13.7 Å². The normalized spacial score (nSPS) is 48.5. The van der Waals surface area contributed by atoms with Crippen LogP contribution in [-0.2, 0) is 57.0 Å². The molecule has 0 aromatic heterocycles. The Morgan fingerprint density at radius 3 is 2.38 bits per heavy atom. The number of ether oxygens (including phenoxy) is 10. The first-order valence-corrected chi connectivity index (χ1v) is 23.7. The highest BCUT2D eigenvalue weighted by Gasteiger charge is 2.60. The predicted molar refractivity (Wildman–Crippen MR) is 237 cm³/mol. The van der Waals surface area contributed by atoms with E-state index in [4.69, 9.17) is 47.4 Å². The molecular formula is C50H74O15. The van der Waals surface area contributed by atoms with E-state index in [0.29, 0.717) is 30.4 Å². The van der Waals surface area contributed by atoms with Gasteiger partial charge in [0.05, 0.1) is 43.2 Å². The minimum Gasteiger partial charge on any atom is -0.462 e. The van der Waals surface area contributed by atoms with Crippen molar-refractivity contribution >= 4 is 11.9 Å². The molecule has 2 bridgehead atoms. The third kappa shape index (κ3) is 10.5. The number of hydrogen-bond donors (Lipinski definition) is 3. The zero-order valence-corrected chi connectivity index (χ0v) is 40.0. The molecule has 0 unspecified atom stereocenters. The molecule has 0 saturated carbocycles. The highest BCUT2D eigenvalue weighted by molar-refractivity contribution is 5.78. The zero-order valence-electron chi connectivity index (χ0n) is 40.0. The van der Waals surface area contributed by atoms with Gasteiger partial charge in [0.15, 0.2) is 24.5 Å². The fourth-order valence-electron chi connectivity index (χ4n) is 11.0. The molecule has 7 rings (SSSR count). The number of fused-ring (bicyclic) bond motifs is 2. The monoisotopic (exact) mass is 915 g/mol. The summed E-state index contributed by atoms with van der Waals surface area (Å²) in [6, 6.07) is 0. The molecule has 7 aliphatic rings. The first-order valence-electron chi connectivity index (χ1n) is 23.7. The van der Waals surface area contributed by atoms with E-state index in [2.05, 4.69) is 32.9 Å². The summed E-state index contributed by atoms with van der Waals surface area (Å²) in [6.07, 6.45) is 7.55. The van der Waals surface area contributed by atoms with Crippen LogP contribution in [0.15, 0.2) is 59.3 Å². The maximum atomic E-state index is 14.4. The molecule has 6 heterocycles. The fourth-order valence-corrected chi connectivity index (χ4v) is 11.0. The number of esters is 2. The van der Waals surface area contributed by atoms with Crippen molar-refractivity contribution in [2.24, 2.45) is 23.7 Å². The van der Waals surface area contributed by atoms with Gasteiger partial charge in [-0.1, -0.05) is 70.6 Å². The lowest BCUT2D eigenvalue weighted by atomic mass is 9.71. The van der Waals surface area contributed by atoms with Crippen LogP contribution in [0.4, 0.5) is 0 Å². The Bertz CT molecular complexity index is 1870. The number of hydrogen-bond acceptors (Lipinski definition) is 15. The second-order valence-electron chi connectivity index (χ2n) is 20.0. The molecule has 15 heteroatoms. The maximum Gasteiger partial charge on any atom is 0.316 e. The maximum absolute atomic E-state index is 14.4. The van der Waals surface area contributed by atoms with Crippen molar-refractivity contribution in [3.05, 3.63) is 59.3 Å². The van der Waals surface area contributed by atoms with Crippen molar-refractivity contribution in [1.29, 1.82) is 0 Å². The van der Waals surface area contributed by atoms with Crippen LogP contribution in [0.3, 0.4) is 0 Å². The van der Waals surface area contributed by atoms with Gasteiger partial charge >= 0.3 is 11.9 Å². The molecule has 0 aromatic rings. The highest BCUT2D eigenvalue weighted by Crippen LogP contribution is 2.47. The first kappa shape index (κ1) is 50.1. The molecule has 20 atom stereocenters. The molecular weight excluding hydrogens is 841 g/mol. The van der Waals surface area contributed by atoms with Gasteiger partial charge in [-0.2, -0.15) is 0 Å². The number of methoxy groups -OCH3 is 1. The van der Waals surface area contributed by atoms with Crippen LogP contribution in [0, 0.1) is 23.7 Å². The van der Waals surface area contributed by atoms with Crippen LogP contribution in [0.5, 0.6) is 0 Å². The fraction of sp³-hybridized carbons (Fsp3) is 0.760. The average Bonchev–Trinajstić information content (AvgIpc) is 3.58. The minimum atomic E-state index is -1.85. The van der Waals surface area contributed by atoms with Gasteiger partial charge in [0.1, 0.15) is 41.5 Å². The van der Waals surface area contributed by atoms with Gasteiger partial charge in [0.2, 0.25) is 0 Å². The Hall–Kier alpha value is -2.80. The third-order valence-electron chi connectivity index (χ3n) is 14.8. The van der Waals surface area contributed by atoms with Crippen molar-refractivity contribution in [2.45, 2.75) is 204 Å². The van der Waals surface area contributed by atoms with Crippen LogP contribution in [0.1, 0.15) is 108 Å². The second-order valence-corrected chi connectivity index (χ2v) is 20.0. The van der Waals surface area contributed by atoms with E-state index in [1.54, 1.807) is 40.0 Å². The molecule has 65 heavy (non-hydrogen) atoms. The summed E-state index contributed by atoms with van der Waals surface area (Å²) in [5, 5.41) is 35.0. The van der Waals surface area contributed by atoms with Gasteiger partial charge in [0.25, 0.3) is 0 Å². The number of aliphatic hydroxyl groups is 3. The van der Waals surface area contributed by atoms with E-state index in [9.17, 15) is 24.9 Å². The van der Waals surface area contributed by atoms with E-state index < -0.39 is 108 Å². The standard InChI is InChI=1S/C50H74O15/c1-12-26(2)43-29(5)18-19-49(65-43)23-36-21-35(64-49)17-16-28(4)42(27(3)14-13-15-34-25-57-46-41(52)30(6)20-37(47(53)61-36)50(34,46)55)62-39-22-38(56-11)44(31(7)58-39)63-40-24-48(10,54)45(32(8)59-40)60-33(9)51/h13-16,18-20,26-27,29,31-32,35-46,52,54-55H,12,17,21-25H2,1-11H3/b14-13+,28-16+,34-15+/t26-,27-,29-,31-,32-,35+,36-,37-,38-,39-,40+,41+,42-,43+,44-,45-,46+,48+,49+,50+/m0/s1. The largest absolute Gasteiger partial charge is 0.462 e. The molecule has 0 amide bonds. The van der Waals surface area contributed by atoms with Crippen molar-refractivity contribution in [3.8, 4) is 0 Å². The highest BCUT2D eigenvalue weighted by atomic mass is 16.7. The van der Waals surface area contributed by atoms with Crippen LogP contribution < -0.4 is 0 Å². The second kappa shape index (κ2) is 20.0. The quantitative estimate of drug-likeness (QED) is 0.199. The number of aliphatic hydroxyl groups excluding tert-OH is 1. The Morgan fingerprint density at radius 2 is 1.69 bits per heavy atom. The van der Waals surface area contributed by atoms with Gasteiger partial charge < -0.3 is 62.7 Å². The summed E-state index contributed by atoms with van der Waals surface area (Å²) in [5.41, 5.74) is -1.33. The van der Waals surface area contributed by atoms with Gasteiger partial charge in [-0.15, -0.1) is 0 Å². The lowest BCUT2D eigenvalue weighted by Gasteiger charge is -2.48. The van der Waals surface area contributed by atoms with Gasteiger partial charge in [0, 0.05) is 51.6 Å². The first-order chi connectivity index (χ1) is 30.7. The summed E-state index contributed by atoms with van der Waals surface area (Å²) in [4.78, 5) is 26.1. The molecule has 15 nitrogen and oxygen atoms in total. The van der Waals surface area contributed by atoms with Crippen LogP contribution in [0.25, 0.3) is 0 Å². The Kier molecular flexibility index (Phi) is 15.4. The summed E-state index contributed by atoms with van der Waals surface area (Å²) in [6.45, 7) is 18.8. The molecule has 1 spiro atoms. The SMILES string of the molecule is CC[C@H](C)[C@H]1O[C@]2(C=C[C@@H]1C)C[C@@H]1C[C@@H](C/C=C(\C)[C@@H](O[C@H]3C[C@H](OC)[C@@H](O[C@@H]4C[C@@](C)(O)[C@@H](OC(C)=O)[C@H](C)O4)[C@H](C)O3)[C@@H](C)/C=C/C=C3\CO[C@@H]4[C@H](O)C(C)=C[C@@H](C(=O)O1)[C@]34O)O2. The summed E-state index contributed by atoms with van der Waals surface area (Å²) in [7, 11) is 1.61. The van der Waals surface area contributed by atoms with Crippen LogP contribution in [0.2, 0.25) is 0 Å². The van der Waals surface area contributed by atoms with Crippen LogP contribution >= 0.6 is 0 Å². The molecule has 3 N–H and O–H groups in total. The Balaban J connectivity index is 1.17. The molecule has 1 aliphatic carbocycles. The molecule has 6 aliphatic heterocycles. The number of carbonyl (C=O) groups is 2. The predicted octanol–water partition coefficient (Wildman–Crippen LogP) is 5.68. The molecule has 4 saturated heterocycles. The smallest absolute Gasteiger partial charge is 0.316 e. The van der Waals surface area contributed by atoms with Crippen molar-refractivity contribution in [3.63, 3.8) is 0 Å². The summed E-state index contributed by atoms with van der Waals surface area (Å²) >= 11 is 0. The third-order valence-corrected chi connectivity index (χ3v) is 14.8. The van der Waals surface area contributed by atoms with E-state index >= 15 is 0 Å². The molecule has 0 radical (unpaired) electrons. The summed E-state index contributed by atoms with van der Waals surface area (Å²) < 4.78 is 63.6. The van der Waals surface area contributed by atoms with E-state index in [-0.39, 0.29) is 43.3 Å². The molecule has 0 aromatic carbocycles.